The van der Waals surface area contributed by atoms with E-state index in [2.05, 4.69) is 12.1 Å². The molecule has 10 heavy (non-hydrogen) atoms. The van der Waals surface area contributed by atoms with Crippen LogP contribution in [0.25, 0.3) is 0 Å². The predicted molar refractivity (Wildman–Crippen MR) is 35.6 cm³/mol. The van der Waals surface area contributed by atoms with Crippen LogP contribution in [0.5, 0.6) is 0 Å². The summed E-state index contributed by atoms with van der Waals surface area (Å²) in [6.45, 7) is 0. The van der Waals surface area contributed by atoms with Gasteiger partial charge < -0.3 is 46.1 Å². The maximum atomic E-state index is 2.86. The van der Waals surface area contributed by atoms with Crippen LogP contribution in [0.2, 0.25) is 0 Å². The Labute approximate surface area is 115 Å². The molecule has 0 aliphatic carbocycles. The van der Waals surface area contributed by atoms with Crippen molar-refractivity contribution in [3.05, 3.63) is 36.4 Å². The van der Waals surface area contributed by atoms with Gasteiger partial charge in [0.1, 0.15) is 0 Å². The van der Waals surface area contributed by atoms with Crippen LogP contribution < -0.4 is 34.0 Å². The summed E-state index contributed by atoms with van der Waals surface area (Å²) in [6, 6.07) is 13.0. The number of halogens is 2. The molecule has 0 aliphatic rings. The molecule has 0 amide bonds. The van der Waals surface area contributed by atoms with Crippen LogP contribution in [0.1, 0.15) is 0 Å². The summed E-state index contributed by atoms with van der Waals surface area (Å²) in [5.41, 5.74) is 0. The van der Waals surface area contributed by atoms with Crippen molar-refractivity contribution in [1.82, 2.24) is 0 Å². The van der Waals surface area contributed by atoms with Gasteiger partial charge in [-0.3, -0.25) is 24.3 Å². The van der Waals surface area contributed by atoms with Crippen molar-refractivity contribution in [3.63, 3.8) is 0 Å². The summed E-state index contributed by atoms with van der Waals surface area (Å²) in [4.78, 5) is 0. The van der Waals surface area contributed by atoms with Gasteiger partial charge >= 0.3 is 46.1 Å². The molecule has 1 aromatic carbocycles. The molecule has 1 rings (SSSR count). The number of hydrogen-bond donors (Lipinski definition) is 0. The number of hydrogen-bond acceptors (Lipinski definition) is 0. The average molecular weight is 285 g/mol. The summed E-state index contributed by atoms with van der Waals surface area (Å²) in [5, 5.41) is 0. The van der Waals surface area contributed by atoms with Crippen LogP contribution in [-0.2, 0) is 0 Å². The molecule has 0 aromatic heterocycles. The van der Waals surface area contributed by atoms with Gasteiger partial charge in [0, 0.05) is 0 Å². The molecule has 0 unspecified atom stereocenters. The van der Waals surface area contributed by atoms with Crippen LogP contribution in [0.3, 0.4) is 0 Å². The topological polar surface area (TPSA) is 0 Å². The van der Waals surface area contributed by atoms with E-state index in [0.29, 0.717) is 0 Å². The molecule has 1 aromatic rings. The summed E-state index contributed by atoms with van der Waals surface area (Å²) in [6.07, 6.45) is 0. The van der Waals surface area contributed by atoms with Gasteiger partial charge in [0.05, 0.1) is 0 Å². The van der Waals surface area contributed by atoms with E-state index in [0.717, 1.165) is 0 Å². The third-order valence-corrected chi connectivity index (χ3v) is 0.552. The van der Waals surface area contributed by atoms with E-state index >= 15 is 0 Å². The second-order valence-corrected chi connectivity index (χ2v) is 1.00. The van der Waals surface area contributed by atoms with Crippen molar-refractivity contribution in [2.45, 2.75) is 0 Å². The fraction of sp³-hybridized carbons (Fsp3) is 0. The number of benzene rings is 1. The first-order valence-corrected chi connectivity index (χ1v) is 1.82. The minimum Gasteiger partial charge on any atom is -1.00 e. The Bertz CT molecular complexity index is 85.7. The van der Waals surface area contributed by atoms with Crippen molar-refractivity contribution in [2.24, 2.45) is 0 Å². The van der Waals surface area contributed by atoms with E-state index in [1.54, 1.807) is 0 Å². The zero-order valence-corrected chi connectivity index (χ0v) is 11.5. The third-order valence-electron chi connectivity index (χ3n) is 0.552. The first-order valence-electron chi connectivity index (χ1n) is 1.82. The fourth-order valence-electron chi connectivity index (χ4n) is 0.304. The Balaban J connectivity index is -0.0000000450. The van der Waals surface area contributed by atoms with Gasteiger partial charge in [-0.1, -0.05) is 0 Å². The fourth-order valence-corrected chi connectivity index (χ4v) is 0.304. The van der Waals surface area contributed by atoms with Crippen molar-refractivity contribution in [2.75, 3.05) is 0 Å². The van der Waals surface area contributed by atoms with Crippen LogP contribution in [0.15, 0.2) is 24.3 Å². The first-order chi connectivity index (χ1) is 3.00. The van der Waals surface area contributed by atoms with Gasteiger partial charge in [0.15, 0.2) is 0 Å². The Morgan fingerprint density at radius 2 is 0.800 bits per heavy atom. The normalized spacial score (nSPS) is 4.80. The Hall–Kier alpha value is 1.71. The molecule has 0 bridgehead atoms. The van der Waals surface area contributed by atoms with Gasteiger partial charge in [0.2, 0.25) is 0 Å². The van der Waals surface area contributed by atoms with Crippen molar-refractivity contribution >= 4 is 46.1 Å². The third kappa shape index (κ3) is 12.4. The zero-order chi connectivity index (χ0) is 4.24. The summed E-state index contributed by atoms with van der Waals surface area (Å²) < 4.78 is 0. The molecule has 0 nitrogen and oxygen atoms in total. The summed E-state index contributed by atoms with van der Waals surface area (Å²) >= 11 is 0. The maximum absolute atomic E-state index is 2.86. The SMILES string of the molecule is [Br-].[Br-].[Mg+2].[Mg+2].[c-]1cc[c-]cc1. The average Bonchev–Trinajstić information content (AvgIpc) is 1.72. The molecule has 0 fully saturated rings. The molecular formula is C6H4Br2Mg2. The molecule has 0 heterocycles. The van der Waals surface area contributed by atoms with Crippen molar-refractivity contribution in [1.29, 1.82) is 0 Å². The second-order valence-electron chi connectivity index (χ2n) is 1.00. The van der Waals surface area contributed by atoms with E-state index in [1.165, 1.54) is 0 Å². The van der Waals surface area contributed by atoms with Crippen LogP contribution in [0, 0.1) is 12.1 Å². The molecule has 4 heteroatoms. The van der Waals surface area contributed by atoms with Gasteiger partial charge in [-0.15, -0.1) is 0 Å². The Morgan fingerprint density at radius 3 is 0.900 bits per heavy atom. The Morgan fingerprint density at radius 1 is 0.600 bits per heavy atom. The number of rotatable bonds is 0. The van der Waals surface area contributed by atoms with Gasteiger partial charge in [-0.25, -0.2) is 0 Å². The molecule has 0 aliphatic heterocycles. The zero-order valence-electron chi connectivity index (χ0n) is 5.48. The molecule has 0 spiro atoms. The quantitative estimate of drug-likeness (QED) is 0.329. The molecule has 0 saturated heterocycles. The summed E-state index contributed by atoms with van der Waals surface area (Å²) in [5.74, 6) is 0. The van der Waals surface area contributed by atoms with Gasteiger partial charge in [-0.05, 0) is 0 Å². The van der Waals surface area contributed by atoms with E-state index in [1.807, 2.05) is 24.3 Å². The molecule has 0 radical (unpaired) electrons. The molecule has 0 atom stereocenters. The predicted octanol–water partition coefficient (Wildman–Crippen LogP) is -5.47. The summed E-state index contributed by atoms with van der Waals surface area (Å²) in [7, 11) is 0. The van der Waals surface area contributed by atoms with Crippen LogP contribution >= 0.6 is 0 Å². The van der Waals surface area contributed by atoms with E-state index < -0.39 is 0 Å². The van der Waals surface area contributed by atoms with Gasteiger partial charge in [-0.2, -0.15) is 0 Å². The van der Waals surface area contributed by atoms with Gasteiger partial charge in [0.25, 0.3) is 0 Å². The first kappa shape index (κ1) is 22.6. The van der Waals surface area contributed by atoms with E-state index in [9.17, 15) is 0 Å². The van der Waals surface area contributed by atoms with Crippen LogP contribution in [0.4, 0.5) is 0 Å². The molecule has 0 saturated carbocycles. The van der Waals surface area contributed by atoms with E-state index in [4.69, 9.17) is 0 Å². The second kappa shape index (κ2) is 17.0. The monoisotopic (exact) mass is 282 g/mol. The Kier molecular flexibility index (Phi) is 38.4. The van der Waals surface area contributed by atoms with Crippen LogP contribution in [-0.4, -0.2) is 46.1 Å². The molecular weight excluding hydrogens is 280 g/mol. The molecule has 46 valence electrons. The molecule has 0 N–H and O–H groups in total. The maximum Gasteiger partial charge on any atom is 2.00 e. The minimum absolute atomic E-state index is 0. The van der Waals surface area contributed by atoms with Crippen molar-refractivity contribution in [3.8, 4) is 0 Å². The standard InChI is InChI=1S/C6H4.2BrH.2Mg/c1-2-4-6-5-3-1;;;;/h1-2,5-6H;2*1H;;/q-2;;;2*+2/p-2. The minimum atomic E-state index is 0. The smallest absolute Gasteiger partial charge is 1.00 e. The van der Waals surface area contributed by atoms with E-state index in [-0.39, 0.29) is 80.1 Å². The van der Waals surface area contributed by atoms with Crippen molar-refractivity contribution < 1.29 is 34.0 Å². The largest absolute Gasteiger partial charge is 2.00 e.